The van der Waals surface area contributed by atoms with E-state index in [2.05, 4.69) is 14.5 Å². The molecule has 2 aromatic rings. The minimum atomic E-state index is 0.778. The van der Waals surface area contributed by atoms with Crippen LogP contribution in [0.15, 0.2) is 18.5 Å². The van der Waals surface area contributed by atoms with Crippen molar-refractivity contribution in [2.45, 2.75) is 25.8 Å². The fraction of sp³-hybridized carbons (Fsp3) is 0.500. The molecule has 0 saturated heterocycles. The lowest BCUT2D eigenvalue weighted by atomic mass is 10.2. The Balaban J connectivity index is 2.03. The van der Waals surface area contributed by atoms with E-state index in [0.29, 0.717) is 0 Å². The normalized spacial score (nSPS) is 11.1. The zero-order valence-corrected chi connectivity index (χ0v) is 10.8. The first kappa shape index (κ1) is 12.3. The third kappa shape index (κ3) is 2.92. The summed E-state index contributed by atoms with van der Waals surface area (Å²) in [5.41, 5.74) is 2.14. The Hall–Kier alpha value is -1.20. The number of pyridine rings is 1. The van der Waals surface area contributed by atoms with E-state index in [9.17, 15) is 0 Å². The summed E-state index contributed by atoms with van der Waals surface area (Å²) in [6.07, 6.45) is 6.99. The maximum Gasteiger partial charge on any atom is 0.178 e. The fourth-order valence-corrected chi connectivity index (χ4v) is 2.23. The van der Waals surface area contributed by atoms with Crippen LogP contribution in [0.2, 0.25) is 0 Å². The summed E-state index contributed by atoms with van der Waals surface area (Å²) in [4.78, 5) is 7.25. The number of methoxy groups -OCH3 is 1. The summed E-state index contributed by atoms with van der Waals surface area (Å²) in [5.74, 6) is 0. The number of imidazole rings is 1. The third-order valence-electron chi connectivity index (χ3n) is 2.81. The topological polar surface area (TPSA) is 42.8 Å². The molecule has 0 bridgehead atoms. The van der Waals surface area contributed by atoms with Gasteiger partial charge in [0.2, 0.25) is 0 Å². The van der Waals surface area contributed by atoms with Gasteiger partial charge in [-0.05, 0) is 37.5 Å². The molecular formula is C12H17N3OS. The van der Waals surface area contributed by atoms with E-state index in [1.54, 1.807) is 13.3 Å². The van der Waals surface area contributed by atoms with Gasteiger partial charge < -0.3 is 14.3 Å². The van der Waals surface area contributed by atoms with Gasteiger partial charge >= 0.3 is 0 Å². The second kappa shape index (κ2) is 5.93. The van der Waals surface area contributed by atoms with Crippen LogP contribution < -0.4 is 0 Å². The first-order valence-corrected chi connectivity index (χ1v) is 6.25. The van der Waals surface area contributed by atoms with Crippen LogP contribution in [-0.2, 0) is 11.3 Å². The monoisotopic (exact) mass is 251 g/mol. The fourth-order valence-electron chi connectivity index (χ4n) is 1.93. The van der Waals surface area contributed by atoms with Crippen molar-refractivity contribution in [3.63, 3.8) is 0 Å². The standard InChI is InChI=1S/C12H17N3OS/c1-16-8-4-2-3-7-15-11-5-6-13-9-10(11)14-12(15)17/h5-6,9H,2-4,7-8H2,1H3,(H,14,17). The van der Waals surface area contributed by atoms with Gasteiger partial charge in [-0.3, -0.25) is 4.98 Å². The van der Waals surface area contributed by atoms with Crippen molar-refractivity contribution < 1.29 is 4.74 Å². The zero-order valence-electron chi connectivity index (χ0n) is 9.98. The first-order chi connectivity index (χ1) is 8.33. The van der Waals surface area contributed by atoms with E-state index in [0.717, 1.165) is 48.2 Å². The minimum absolute atomic E-state index is 0.778. The Morgan fingerprint density at radius 2 is 2.29 bits per heavy atom. The van der Waals surface area contributed by atoms with Crippen molar-refractivity contribution in [3.05, 3.63) is 23.2 Å². The molecule has 0 saturated carbocycles. The number of aromatic nitrogens is 3. The molecular weight excluding hydrogens is 234 g/mol. The molecule has 0 aliphatic rings. The number of nitrogens with one attached hydrogen (secondary N) is 1. The Labute approximate surface area is 106 Å². The van der Waals surface area contributed by atoms with Gasteiger partial charge in [-0.15, -0.1) is 0 Å². The smallest absolute Gasteiger partial charge is 0.178 e. The van der Waals surface area contributed by atoms with E-state index < -0.39 is 0 Å². The first-order valence-electron chi connectivity index (χ1n) is 5.84. The lowest BCUT2D eigenvalue weighted by molar-refractivity contribution is 0.191. The number of fused-ring (bicyclic) bond motifs is 1. The number of unbranched alkanes of at least 4 members (excludes halogenated alkanes) is 2. The highest BCUT2D eigenvalue weighted by atomic mass is 32.1. The molecule has 0 unspecified atom stereocenters. The summed E-state index contributed by atoms with van der Waals surface area (Å²) >= 11 is 5.31. The summed E-state index contributed by atoms with van der Waals surface area (Å²) in [6.45, 7) is 1.79. The summed E-state index contributed by atoms with van der Waals surface area (Å²) < 4.78 is 7.95. The van der Waals surface area contributed by atoms with Crippen LogP contribution in [0.25, 0.3) is 11.0 Å². The van der Waals surface area contributed by atoms with E-state index in [1.807, 2.05) is 12.3 Å². The molecule has 0 spiro atoms. The molecule has 0 aliphatic heterocycles. The van der Waals surface area contributed by atoms with Gasteiger partial charge in [0.15, 0.2) is 4.77 Å². The van der Waals surface area contributed by atoms with Gasteiger partial charge in [0.1, 0.15) is 0 Å². The molecule has 0 radical (unpaired) electrons. The molecule has 4 nitrogen and oxygen atoms in total. The molecule has 0 aromatic carbocycles. The number of nitrogens with zero attached hydrogens (tertiary/aromatic N) is 2. The molecule has 0 aliphatic carbocycles. The predicted molar refractivity (Wildman–Crippen MR) is 70.6 cm³/mol. The average Bonchev–Trinajstić information content (AvgIpc) is 2.65. The van der Waals surface area contributed by atoms with Gasteiger partial charge in [-0.25, -0.2) is 0 Å². The van der Waals surface area contributed by atoms with E-state index >= 15 is 0 Å². The van der Waals surface area contributed by atoms with Gasteiger partial charge in [-0.2, -0.15) is 0 Å². The van der Waals surface area contributed by atoms with Crippen molar-refractivity contribution >= 4 is 23.3 Å². The molecule has 17 heavy (non-hydrogen) atoms. The lowest BCUT2D eigenvalue weighted by Crippen LogP contribution is -1.99. The molecule has 2 aromatic heterocycles. The van der Waals surface area contributed by atoms with Gasteiger partial charge in [0.05, 0.1) is 17.2 Å². The molecule has 1 N–H and O–H groups in total. The molecule has 2 rings (SSSR count). The lowest BCUT2D eigenvalue weighted by Gasteiger charge is -2.04. The van der Waals surface area contributed by atoms with Crippen LogP contribution >= 0.6 is 12.2 Å². The number of hydrogen-bond acceptors (Lipinski definition) is 3. The van der Waals surface area contributed by atoms with E-state index in [1.165, 1.54) is 0 Å². The number of rotatable bonds is 6. The largest absolute Gasteiger partial charge is 0.385 e. The number of aromatic amines is 1. The quantitative estimate of drug-likeness (QED) is 0.634. The molecule has 2 heterocycles. The van der Waals surface area contributed by atoms with Crippen molar-refractivity contribution in [2.24, 2.45) is 0 Å². The maximum atomic E-state index is 5.31. The summed E-state index contributed by atoms with van der Waals surface area (Å²) in [5, 5.41) is 0. The highest BCUT2D eigenvalue weighted by Crippen LogP contribution is 2.13. The average molecular weight is 251 g/mol. The van der Waals surface area contributed by atoms with Crippen LogP contribution in [-0.4, -0.2) is 28.3 Å². The van der Waals surface area contributed by atoms with Crippen molar-refractivity contribution in [2.75, 3.05) is 13.7 Å². The number of ether oxygens (including phenoxy) is 1. The van der Waals surface area contributed by atoms with Crippen LogP contribution in [0, 0.1) is 4.77 Å². The van der Waals surface area contributed by atoms with Crippen LogP contribution in [0.4, 0.5) is 0 Å². The second-order valence-electron chi connectivity index (χ2n) is 4.03. The Kier molecular flexibility index (Phi) is 4.28. The Bertz CT molecular complexity index is 532. The molecule has 92 valence electrons. The Morgan fingerprint density at radius 3 is 3.12 bits per heavy atom. The predicted octanol–water partition coefficient (Wildman–Crippen LogP) is 2.91. The number of hydrogen-bond donors (Lipinski definition) is 1. The summed E-state index contributed by atoms with van der Waals surface area (Å²) in [7, 11) is 1.74. The van der Waals surface area contributed by atoms with Crippen LogP contribution in [0.1, 0.15) is 19.3 Å². The number of H-pyrrole nitrogens is 1. The van der Waals surface area contributed by atoms with Gasteiger partial charge in [0, 0.05) is 26.5 Å². The highest BCUT2D eigenvalue weighted by Gasteiger charge is 2.03. The molecule has 0 amide bonds. The van der Waals surface area contributed by atoms with E-state index in [4.69, 9.17) is 17.0 Å². The minimum Gasteiger partial charge on any atom is -0.385 e. The Morgan fingerprint density at radius 1 is 1.41 bits per heavy atom. The highest BCUT2D eigenvalue weighted by molar-refractivity contribution is 7.71. The molecule has 0 fully saturated rings. The summed E-state index contributed by atoms with van der Waals surface area (Å²) in [6, 6.07) is 2.00. The van der Waals surface area contributed by atoms with Gasteiger partial charge in [0.25, 0.3) is 0 Å². The van der Waals surface area contributed by atoms with Crippen LogP contribution in [0.5, 0.6) is 0 Å². The zero-order chi connectivity index (χ0) is 12.1. The third-order valence-corrected chi connectivity index (χ3v) is 3.13. The second-order valence-corrected chi connectivity index (χ2v) is 4.41. The van der Waals surface area contributed by atoms with Crippen molar-refractivity contribution in [1.29, 1.82) is 0 Å². The van der Waals surface area contributed by atoms with E-state index in [-0.39, 0.29) is 0 Å². The van der Waals surface area contributed by atoms with Crippen LogP contribution in [0.3, 0.4) is 0 Å². The van der Waals surface area contributed by atoms with Crippen molar-refractivity contribution in [3.8, 4) is 0 Å². The molecule has 0 atom stereocenters. The SMILES string of the molecule is COCCCCCn1c(=S)[nH]c2cnccc21. The molecule has 5 heteroatoms. The number of aryl methyl sites for hydroxylation is 1. The maximum absolute atomic E-state index is 5.31. The van der Waals surface area contributed by atoms with Crippen molar-refractivity contribution in [1.82, 2.24) is 14.5 Å². The van der Waals surface area contributed by atoms with Gasteiger partial charge in [-0.1, -0.05) is 0 Å².